The molecule has 0 unspecified atom stereocenters. The van der Waals surface area contributed by atoms with Crippen LogP contribution in [0.5, 0.6) is 5.75 Å². The number of ether oxygens (including phenoxy) is 1. The lowest BCUT2D eigenvalue weighted by Gasteiger charge is -2.34. The molecule has 2 amide bonds. The summed E-state index contributed by atoms with van der Waals surface area (Å²) >= 11 is 5.75. The fourth-order valence-electron chi connectivity index (χ4n) is 4.40. The van der Waals surface area contributed by atoms with Crippen LogP contribution in [0.3, 0.4) is 0 Å². The van der Waals surface area contributed by atoms with E-state index in [1.807, 2.05) is 0 Å². The molecule has 0 radical (unpaired) electrons. The summed E-state index contributed by atoms with van der Waals surface area (Å²) in [5.41, 5.74) is -0.332. The summed E-state index contributed by atoms with van der Waals surface area (Å²) in [6, 6.07) is 17.0. The Bertz CT molecular complexity index is 1540. The number of rotatable bonds is 12. The number of sulfonamides is 1. The predicted octanol–water partition coefficient (Wildman–Crippen LogP) is 5.30. The highest BCUT2D eigenvalue weighted by atomic mass is 35.5. The van der Waals surface area contributed by atoms with Gasteiger partial charge in [-0.25, -0.2) is 8.42 Å². The number of hydrogen-bond acceptors (Lipinski definition) is 5. The molecule has 0 aromatic heterocycles. The van der Waals surface area contributed by atoms with E-state index in [0.29, 0.717) is 21.7 Å². The van der Waals surface area contributed by atoms with Gasteiger partial charge in [0.2, 0.25) is 21.8 Å². The van der Waals surface area contributed by atoms with Crippen LogP contribution in [0.2, 0.25) is 5.02 Å². The number of benzene rings is 3. The van der Waals surface area contributed by atoms with E-state index in [0.717, 1.165) is 24.0 Å². The number of methoxy groups -OCH3 is 1. The van der Waals surface area contributed by atoms with Crippen LogP contribution < -0.4 is 14.4 Å². The minimum absolute atomic E-state index is 0.0904. The molecular formula is C30H33ClF3N3O5S. The first-order chi connectivity index (χ1) is 20.1. The Morgan fingerprint density at radius 1 is 0.977 bits per heavy atom. The molecule has 0 saturated heterocycles. The summed E-state index contributed by atoms with van der Waals surface area (Å²) in [6.07, 6.45) is -4.00. The molecule has 0 aliphatic carbocycles. The van der Waals surface area contributed by atoms with Gasteiger partial charge >= 0.3 is 6.18 Å². The summed E-state index contributed by atoms with van der Waals surface area (Å²) < 4.78 is 72.4. The second kappa shape index (κ2) is 14.1. The van der Waals surface area contributed by atoms with Gasteiger partial charge in [-0.05, 0) is 55.3 Å². The number of anilines is 1. The highest BCUT2D eigenvalue weighted by molar-refractivity contribution is 7.92. The number of hydrogen-bond donors (Lipinski definition) is 1. The van der Waals surface area contributed by atoms with Crippen LogP contribution in [0.1, 0.15) is 30.5 Å². The van der Waals surface area contributed by atoms with Crippen LogP contribution in [-0.4, -0.2) is 57.1 Å². The molecule has 0 aliphatic rings. The molecule has 0 fully saturated rings. The van der Waals surface area contributed by atoms with E-state index in [2.05, 4.69) is 5.32 Å². The third-order valence-electron chi connectivity index (χ3n) is 6.41. The number of alkyl halides is 3. The lowest BCUT2D eigenvalue weighted by molar-refractivity contribution is -0.140. The van der Waals surface area contributed by atoms with Crippen molar-refractivity contribution in [1.29, 1.82) is 0 Å². The van der Waals surface area contributed by atoms with E-state index < -0.39 is 56.9 Å². The quantitative estimate of drug-likeness (QED) is 0.290. The molecule has 1 atom stereocenters. The van der Waals surface area contributed by atoms with Gasteiger partial charge in [-0.3, -0.25) is 13.9 Å². The zero-order valence-electron chi connectivity index (χ0n) is 24.1. The van der Waals surface area contributed by atoms with Crippen LogP contribution in [-0.2, 0) is 38.8 Å². The number of amides is 2. The van der Waals surface area contributed by atoms with E-state index in [-0.39, 0.29) is 19.0 Å². The number of nitrogens with one attached hydrogen (secondary N) is 1. The minimum atomic E-state index is -4.87. The van der Waals surface area contributed by atoms with Crippen molar-refractivity contribution in [2.45, 2.75) is 45.1 Å². The molecule has 8 nitrogen and oxygen atoms in total. The van der Waals surface area contributed by atoms with Gasteiger partial charge in [-0.15, -0.1) is 0 Å². The lowest BCUT2D eigenvalue weighted by Crippen LogP contribution is -2.54. The maximum Gasteiger partial charge on any atom is 0.417 e. The van der Waals surface area contributed by atoms with E-state index in [9.17, 15) is 31.2 Å². The fraction of sp³-hybridized carbons (Fsp3) is 0.333. The van der Waals surface area contributed by atoms with Gasteiger partial charge in [0.1, 0.15) is 18.3 Å². The van der Waals surface area contributed by atoms with Gasteiger partial charge in [0.15, 0.2) is 0 Å². The first kappa shape index (κ1) is 33.7. The van der Waals surface area contributed by atoms with E-state index in [1.54, 1.807) is 68.4 Å². The molecule has 0 saturated carbocycles. The summed E-state index contributed by atoms with van der Waals surface area (Å²) in [4.78, 5) is 28.9. The Hall–Kier alpha value is -3.77. The second-order valence-electron chi connectivity index (χ2n) is 10.2. The molecule has 1 N–H and O–H groups in total. The molecular weight excluding hydrogens is 607 g/mol. The average molecular weight is 640 g/mol. The Morgan fingerprint density at radius 2 is 1.63 bits per heavy atom. The molecule has 43 heavy (non-hydrogen) atoms. The van der Waals surface area contributed by atoms with E-state index in [4.69, 9.17) is 16.3 Å². The summed E-state index contributed by atoms with van der Waals surface area (Å²) in [5, 5.41) is 2.20. The molecule has 0 heterocycles. The zero-order chi connectivity index (χ0) is 31.9. The van der Waals surface area contributed by atoms with Crippen LogP contribution in [0.4, 0.5) is 18.9 Å². The normalized spacial score (nSPS) is 12.5. The van der Waals surface area contributed by atoms with Crippen molar-refractivity contribution in [3.05, 3.63) is 94.5 Å². The van der Waals surface area contributed by atoms with Crippen molar-refractivity contribution < 1.29 is 35.9 Å². The smallest absolute Gasteiger partial charge is 0.417 e. The lowest BCUT2D eigenvalue weighted by atomic mass is 10.0. The number of carbonyl (C=O) groups excluding carboxylic acids is 2. The molecule has 232 valence electrons. The minimum Gasteiger partial charge on any atom is -0.497 e. The first-order valence-corrected chi connectivity index (χ1v) is 15.4. The van der Waals surface area contributed by atoms with Crippen LogP contribution in [0, 0.1) is 0 Å². The standard InChI is InChI=1S/C30H33ClF3N3O5S/c1-20(2)35-29(39)27(16-21-9-6-5-7-10-21)36(18-22-11-8-12-24(15-22)42-3)28(38)19-37(43(4,40)41)23-13-14-26(31)25(17-23)30(32,33)34/h5-15,17,20,27H,16,18-19H2,1-4H3,(H,35,39)/t27-/m0/s1. The Balaban J connectivity index is 2.11. The van der Waals surface area contributed by atoms with Gasteiger partial charge < -0.3 is 15.0 Å². The molecule has 0 spiro atoms. The molecule has 0 aliphatic heterocycles. The fourth-order valence-corrected chi connectivity index (χ4v) is 5.47. The van der Waals surface area contributed by atoms with Crippen LogP contribution >= 0.6 is 11.6 Å². The summed E-state index contributed by atoms with van der Waals surface area (Å²) in [7, 11) is -2.80. The summed E-state index contributed by atoms with van der Waals surface area (Å²) in [6.45, 7) is 2.53. The Kier molecular flexibility index (Phi) is 11.1. The number of nitrogens with zero attached hydrogens (tertiary/aromatic N) is 2. The molecule has 3 aromatic carbocycles. The van der Waals surface area contributed by atoms with Crippen LogP contribution in [0.25, 0.3) is 0 Å². The van der Waals surface area contributed by atoms with Crippen molar-refractivity contribution in [2.24, 2.45) is 0 Å². The van der Waals surface area contributed by atoms with Crippen LogP contribution in [0.15, 0.2) is 72.8 Å². The second-order valence-corrected chi connectivity index (χ2v) is 12.5. The van der Waals surface area contributed by atoms with Crippen molar-refractivity contribution in [1.82, 2.24) is 10.2 Å². The Labute approximate surface area is 254 Å². The monoisotopic (exact) mass is 639 g/mol. The Morgan fingerprint density at radius 3 is 2.21 bits per heavy atom. The van der Waals surface area contributed by atoms with Crippen molar-refractivity contribution in [2.75, 3.05) is 24.2 Å². The third kappa shape index (κ3) is 9.36. The van der Waals surface area contributed by atoms with Gasteiger partial charge in [0.25, 0.3) is 0 Å². The average Bonchev–Trinajstić information content (AvgIpc) is 2.93. The third-order valence-corrected chi connectivity index (χ3v) is 7.88. The van der Waals surface area contributed by atoms with Gasteiger partial charge in [0, 0.05) is 19.0 Å². The molecule has 3 aromatic rings. The SMILES string of the molecule is COc1cccc(CN(C(=O)CN(c2ccc(Cl)c(C(F)(F)F)c2)S(C)(=O)=O)[C@@H](Cc2ccccc2)C(=O)NC(C)C)c1. The maximum atomic E-state index is 14.1. The molecule has 0 bridgehead atoms. The highest BCUT2D eigenvalue weighted by Gasteiger charge is 2.36. The highest BCUT2D eigenvalue weighted by Crippen LogP contribution is 2.37. The number of carbonyl (C=O) groups is 2. The van der Waals surface area contributed by atoms with Crippen molar-refractivity contribution >= 4 is 39.1 Å². The van der Waals surface area contributed by atoms with E-state index >= 15 is 0 Å². The summed E-state index contributed by atoms with van der Waals surface area (Å²) in [5.74, 6) is -0.793. The largest absolute Gasteiger partial charge is 0.497 e. The maximum absolute atomic E-state index is 14.1. The molecule has 3 rings (SSSR count). The van der Waals surface area contributed by atoms with Gasteiger partial charge in [-0.1, -0.05) is 54.1 Å². The van der Waals surface area contributed by atoms with Crippen molar-refractivity contribution in [3.8, 4) is 5.75 Å². The topological polar surface area (TPSA) is 96.0 Å². The van der Waals surface area contributed by atoms with E-state index in [1.165, 1.54) is 12.0 Å². The van der Waals surface area contributed by atoms with Crippen molar-refractivity contribution in [3.63, 3.8) is 0 Å². The first-order valence-electron chi connectivity index (χ1n) is 13.2. The predicted molar refractivity (Wildman–Crippen MR) is 159 cm³/mol. The van der Waals surface area contributed by atoms with Gasteiger partial charge in [-0.2, -0.15) is 13.2 Å². The zero-order valence-corrected chi connectivity index (χ0v) is 25.6. The van der Waals surface area contributed by atoms with Gasteiger partial charge in [0.05, 0.1) is 29.6 Å². The molecule has 13 heteroatoms. The number of halogens is 4.